The van der Waals surface area contributed by atoms with Crippen LogP contribution in [0.15, 0.2) is 24.4 Å². The average Bonchev–Trinajstić information content (AvgIpc) is 2.61. The first-order valence-corrected chi connectivity index (χ1v) is 8.74. The van der Waals surface area contributed by atoms with Crippen molar-refractivity contribution >= 4 is 40.7 Å². The van der Waals surface area contributed by atoms with Gasteiger partial charge in [0, 0.05) is 18.8 Å². The molecule has 0 fully saturated rings. The van der Waals surface area contributed by atoms with E-state index in [1.807, 2.05) is 0 Å². The van der Waals surface area contributed by atoms with Crippen LogP contribution in [0.4, 0.5) is 0 Å². The third kappa shape index (κ3) is 4.32. The highest BCUT2D eigenvalue weighted by molar-refractivity contribution is 6.36. The molecular weight excluding hydrogens is 403 g/mol. The molecule has 9 heteroatoms. The molecule has 26 heavy (non-hydrogen) atoms. The quantitative estimate of drug-likeness (QED) is 0.693. The Kier molecular flexibility index (Phi) is 6.94. The smallest absolute Gasteiger partial charge is 0.286 e. The molecule has 0 radical (unpaired) electrons. The van der Waals surface area contributed by atoms with Crippen molar-refractivity contribution in [3.05, 3.63) is 39.5 Å². The summed E-state index contributed by atoms with van der Waals surface area (Å²) in [5, 5.41) is 12.4. The maximum atomic E-state index is 12.3. The number of phenols is 1. The number of nitrogens with zero attached hydrogens (tertiary/aromatic N) is 2. The normalized spacial score (nSPS) is 11.9. The first-order valence-electron chi connectivity index (χ1n) is 7.61. The summed E-state index contributed by atoms with van der Waals surface area (Å²) in [5.74, 6) is -0.735. The largest absolute Gasteiger partial charge is 0.504 e. The third-order valence-electron chi connectivity index (χ3n) is 3.64. The number of hydroxylamine groups is 2. The van der Waals surface area contributed by atoms with E-state index in [0.29, 0.717) is 22.7 Å². The Morgan fingerprint density at radius 3 is 2.58 bits per heavy atom. The fraction of sp³-hybridized carbons (Fsp3) is 0.294. The number of pyridine rings is 1. The van der Waals surface area contributed by atoms with Gasteiger partial charge < -0.3 is 9.84 Å². The molecule has 2 aromatic rings. The predicted molar refractivity (Wildman–Crippen MR) is 101 cm³/mol. The number of phenolic OH excluding ortho intramolecular Hbond substituents is 1. The van der Waals surface area contributed by atoms with E-state index in [1.54, 1.807) is 13.0 Å². The summed E-state index contributed by atoms with van der Waals surface area (Å²) in [7, 11) is 2.83. The number of hydrogen-bond acceptors (Lipinski definition) is 5. The number of benzene rings is 1. The number of aromatic hydroxyl groups is 1. The molecule has 0 aliphatic rings. The van der Waals surface area contributed by atoms with Gasteiger partial charge in [-0.05, 0) is 24.6 Å². The molecule has 1 unspecified atom stereocenters. The Bertz CT molecular complexity index is 817. The molecule has 1 aromatic carbocycles. The highest BCUT2D eigenvalue weighted by Crippen LogP contribution is 2.44. The number of carbonyl (C=O) groups is 1. The molecule has 0 aliphatic heterocycles. The van der Waals surface area contributed by atoms with Crippen LogP contribution in [0.5, 0.6) is 11.5 Å². The second kappa shape index (κ2) is 8.77. The van der Waals surface area contributed by atoms with Crippen LogP contribution in [0.2, 0.25) is 15.1 Å². The zero-order valence-electron chi connectivity index (χ0n) is 14.3. The van der Waals surface area contributed by atoms with Crippen LogP contribution in [0.25, 0.3) is 11.3 Å². The molecule has 1 aromatic heterocycles. The maximum Gasteiger partial charge on any atom is 0.286 e. The van der Waals surface area contributed by atoms with Gasteiger partial charge in [-0.15, -0.1) is 0 Å². The van der Waals surface area contributed by atoms with Crippen LogP contribution >= 0.6 is 34.8 Å². The minimum absolute atomic E-state index is 0.0401. The van der Waals surface area contributed by atoms with Gasteiger partial charge in [0.2, 0.25) is 0 Å². The molecule has 1 N–H and O–H groups in total. The van der Waals surface area contributed by atoms with E-state index < -0.39 is 12.0 Å². The van der Waals surface area contributed by atoms with Gasteiger partial charge in [-0.25, -0.2) is 5.06 Å². The Morgan fingerprint density at radius 2 is 2.00 bits per heavy atom. The lowest BCUT2D eigenvalue weighted by Gasteiger charge is -2.23. The summed E-state index contributed by atoms with van der Waals surface area (Å²) >= 11 is 18.2. The highest BCUT2D eigenvalue weighted by Gasteiger charge is 2.26. The van der Waals surface area contributed by atoms with Crippen LogP contribution in [0.1, 0.15) is 13.3 Å². The highest BCUT2D eigenvalue weighted by atomic mass is 35.5. The first-order chi connectivity index (χ1) is 12.3. The van der Waals surface area contributed by atoms with Crippen LogP contribution < -0.4 is 4.74 Å². The maximum absolute atomic E-state index is 12.3. The summed E-state index contributed by atoms with van der Waals surface area (Å²) in [5.41, 5.74) is 0.608. The van der Waals surface area contributed by atoms with Crippen molar-refractivity contribution in [3.8, 4) is 22.8 Å². The third-order valence-corrected chi connectivity index (χ3v) is 4.43. The average molecular weight is 420 g/mol. The Hall–Kier alpha value is -1.73. The molecule has 0 saturated heterocycles. The van der Waals surface area contributed by atoms with Gasteiger partial charge in [0.15, 0.2) is 17.6 Å². The number of rotatable bonds is 6. The molecular formula is C17H17Cl3N2O4. The number of ether oxygens (including phenoxy) is 1. The summed E-state index contributed by atoms with van der Waals surface area (Å²) in [4.78, 5) is 21.3. The molecule has 6 nitrogen and oxygen atoms in total. The number of likely N-dealkylation sites (N-methyl/N-ethyl adjacent to an activating group) is 1. The molecule has 1 atom stereocenters. The Morgan fingerprint density at radius 1 is 1.31 bits per heavy atom. The molecule has 1 amide bonds. The van der Waals surface area contributed by atoms with Gasteiger partial charge in [0.1, 0.15) is 0 Å². The summed E-state index contributed by atoms with van der Waals surface area (Å²) in [6, 6.07) is 4.58. The van der Waals surface area contributed by atoms with E-state index in [4.69, 9.17) is 44.4 Å². The van der Waals surface area contributed by atoms with E-state index in [9.17, 15) is 9.90 Å². The van der Waals surface area contributed by atoms with E-state index in [1.165, 1.54) is 32.5 Å². The van der Waals surface area contributed by atoms with Gasteiger partial charge in [-0.3, -0.25) is 14.6 Å². The van der Waals surface area contributed by atoms with E-state index >= 15 is 0 Å². The zero-order valence-corrected chi connectivity index (χ0v) is 16.6. The van der Waals surface area contributed by atoms with Crippen molar-refractivity contribution in [1.29, 1.82) is 0 Å². The molecule has 2 rings (SSSR count). The second-order valence-corrected chi connectivity index (χ2v) is 6.54. The van der Waals surface area contributed by atoms with E-state index in [2.05, 4.69) is 4.98 Å². The van der Waals surface area contributed by atoms with E-state index in [0.717, 1.165) is 5.06 Å². The van der Waals surface area contributed by atoms with Crippen molar-refractivity contribution in [3.63, 3.8) is 0 Å². The molecule has 0 spiro atoms. The SMILES string of the molecule is CCC(Oc1c(Cl)ccc(-c2ncc(Cl)cc2Cl)c1O)C(=O)N(C)OC. The lowest BCUT2D eigenvalue weighted by atomic mass is 10.1. The minimum Gasteiger partial charge on any atom is -0.504 e. The number of halogens is 3. The molecule has 140 valence electrons. The fourth-order valence-electron chi connectivity index (χ4n) is 2.21. The lowest BCUT2D eigenvalue weighted by molar-refractivity contribution is -0.176. The number of carbonyl (C=O) groups excluding carboxylic acids is 1. The molecule has 0 bridgehead atoms. The van der Waals surface area contributed by atoms with Crippen molar-refractivity contribution in [2.24, 2.45) is 0 Å². The fourth-order valence-corrected chi connectivity index (χ4v) is 2.88. The Labute approximate surface area is 166 Å². The lowest BCUT2D eigenvalue weighted by Crippen LogP contribution is -2.38. The van der Waals surface area contributed by atoms with Gasteiger partial charge in [-0.2, -0.15) is 0 Å². The van der Waals surface area contributed by atoms with Crippen molar-refractivity contribution < 1.29 is 19.5 Å². The molecule has 0 saturated carbocycles. The van der Waals surface area contributed by atoms with Gasteiger partial charge in [-0.1, -0.05) is 41.7 Å². The van der Waals surface area contributed by atoms with Crippen LogP contribution in [-0.4, -0.2) is 41.3 Å². The predicted octanol–water partition coefficient (Wildman–Crippen LogP) is 4.59. The first kappa shape index (κ1) is 20.6. The summed E-state index contributed by atoms with van der Waals surface area (Å²) in [6.07, 6.45) is 0.850. The van der Waals surface area contributed by atoms with E-state index in [-0.39, 0.29) is 21.5 Å². The topological polar surface area (TPSA) is 71.9 Å². The number of amides is 1. The second-order valence-electron chi connectivity index (χ2n) is 5.29. The summed E-state index contributed by atoms with van der Waals surface area (Å²) in [6.45, 7) is 1.76. The van der Waals surface area contributed by atoms with Crippen LogP contribution in [0.3, 0.4) is 0 Å². The van der Waals surface area contributed by atoms with Crippen molar-refractivity contribution in [2.45, 2.75) is 19.4 Å². The number of hydrogen-bond donors (Lipinski definition) is 1. The van der Waals surface area contributed by atoms with Gasteiger partial charge in [0.25, 0.3) is 5.91 Å². The minimum atomic E-state index is -0.896. The number of aromatic nitrogens is 1. The van der Waals surface area contributed by atoms with Gasteiger partial charge >= 0.3 is 0 Å². The monoisotopic (exact) mass is 418 g/mol. The van der Waals surface area contributed by atoms with Gasteiger partial charge in [0.05, 0.1) is 27.9 Å². The van der Waals surface area contributed by atoms with Crippen LogP contribution in [-0.2, 0) is 9.63 Å². The Balaban J connectivity index is 2.45. The zero-order chi connectivity index (χ0) is 19.4. The standard InChI is InChI=1S/C17H17Cl3N2O4/c1-4-13(17(24)22(2)25-3)26-16-11(19)6-5-10(15(16)23)14-12(20)7-9(18)8-21-14/h5-8,13,23H,4H2,1-3H3. The van der Waals surface area contributed by atoms with Crippen LogP contribution in [0, 0.1) is 0 Å². The molecule has 1 heterocycles. The molecule has 0 aliphatic carbocycles. The van der Waals surface area contributed by atoms with Crippen molar-refractivity contribution in [2.75, 3.05) is 14.2 Å². The summed E-state index contributed by atoms with van der Waals surface area (Å²) < 4.78 is 5.69. The van der Waals surface area contributed by atoms with Crippen molar-refractivity contribution in [1.82, 2.24) is 10.0 Å².